The van der Waals surface area contributed by atoms with Crippen molar-refractivity contribution < 1.29 is 0 Å². The Hall–Kier alpha value is -3.90. The molecular formula is C32H24. The van der Waals surface area contributed by atoms with E-state index >= 15 is 0 Å². The van der Waals surface area contributed by atoms with E-state index in [-0.39, 0.29) is 0 Å². The molecule has 6 aromatic rings. The smallest absolute Gasteiger partial charge is 0.00266 e. The Morgan fingerprint density at radius 3 is 1.56 bits per heavy atom. The molecule has 0 heteroatoms. The van der Waals surface area contributed by atoms with Gasteiger partial charge in [-0.1, -0.05) is 122 Å². The van der Waals surface area contributed by atoms with Crippen LogP contribution < -0.4 is 0 Å². The molecule has 0 aliphatic rings. The Morgan fingerprint density at radius 1 is 0.438 bits per heavy atom. The number of rotatable bonds is 3. The van der Waals surface area contributed by atoms with E-state index in [2.05, 4.69) is 122 Å². The Labute approximate surface area is 188 Å². The average molecular weight is 409 g/mol. The molecule has 0 nitrogen and oxygen atoms in total. The lowest BCUT2D eigenvalue weighted by atomic mass is 9.87. The maximum atomic E-state index is 2.29. The third kappa shape index (κ3) is 2.92. The van der Waals surface area contributed by atoms with E-state index in [1.807, 2.05) is 0 Å². The van der Waals surface area contributed by atoms with Gasteiger partial charge in [0.1, 0.15) is 0 Å². The van der Waals surface area contributed by atoms with Gasteiger partial charge in [0, 0.05) is 0 Å². The Kier molecular flexibility index (Phi) is 4.51. The summed E-state index contributed by atoms with van der Waals surface area (Å²) in [6, 6.07) is 42.0. The molecule has 0 spiro atoms. The molecule has 6 aromatic carbocycles. The normalized spacial score (nSPS) is 11.4. The van der Waals surface area contributed by atoms with E-state index in [1.165, 1.54) is 60.1 Å². The van der Waals surface area contributed by atoms with Crippen molar-refractivity contribution in [3.05, 3.63) is 121 Å². The Balaban J connectivity index is 1.59. The molecule has 152 valence electrons. The van der Waals surface area contributed by atoms with Crippen molar-refractivity contribution in [1.82, 2.24) is 0 Å². The van der Waals surface area contributed by atoms with Gasteiger partial charge in [-0.3, -0.25) is 0 Å². The number of fused-ring (bicyclic) bond motifs is 3. The summed E-state index contributed by atoms with van der Waals surface area (Å²) in [5.74, 6) is 0. The molecule has 0 radical (unpaired) electrons. The van der Waals surface area contributed by atoms with Crippen LogP contribution in [0.25, 0.3) is 54.6 Å². The second kappa shape index (κ2) is 7.66. The summed E-state index contributed by atoms with van der Waals surface area (Å²) < 4.78 is 0. The second-order valence-corrected chi connectivity index (χ2v) is 8.40. The summed E-state index contributed by atoms with van der Waals surface area (Å²) in [5, 5.41) is 7.97. The van der Waals surface area contributed by atoms with Crippen LogP contribution in [0.2, 0.25) is 0 Å². The summed E-state index contributed by atoms with van der Waals surface area (Å²) in [7, 11) is 0. The van der Waals surface area contributed by atoms with Crippen LogP contribution in [0.15, 0.2) is 115 Å². The highest BCUT2D eigenvalue weighted by Crippen LogP contribution is 2.40. The van der Waals surface area contributed by atoms with Crippen LogP contribution >= 0.6 is 0 Å². The molecule has 0 aliphatic carbocycles. The number of aryl methyl sites for hydroxylation is 1. The molecule has 0 amide bonds. The van der Waals surface area contributed by atoms with Crippen molar-refractivity contribution in [2.45, 2.75) is 13.3 Å². The van der Waals surface area contributed by atoms with Gasteiger partial charge in [-0.05, 0) is 66.6 Å². The maximum absolute atomic E-state index is 2.29. The highest BCUT2D eigenvalue weighted by atomic mass is 14.2. The first-order chi connectivity index (χ1) is 15.8. The van der Waals surface area contributed by atoms with Gasteiger partial charge in [0.15, 0.2) is 0 Å². The van der Waals surface area contributed by atoms with Gasteiger partial charge in [-0.25, -0.2) is 0 Å². The van der Waals surface area contributed by atoms with Crippen molar-refractivity contribution >= 4 is 32.3 Å². The summed E-state index contributed by atoms with van der Waals surface area (Å²) in [4.78, 5) is 0. The van der Waals surface area contributed by atoms with E-state index in [0.29, 0.717) is 0 Å². The number of hydrogen-bond acceptors (Lipinski definition) is 0. The van der Waals surface area contributed by atoms with Crippen molar-refractivity contribution in [1.29, 1.82) is 0 Å². The predicted octanol–water partition coefficient (Wildman–Crippen LogP) is 9.04. The predicted molar refractivity (Wildman–Crippen MR) is 139 cm³/mol. The lowest BCUT2D eigenvalue weighted by Gasteiger charge is -2.17. The van der Waals surface area contributed by atoms with Crippen LogP contribution in [0, 0.1) is 0 Å². The topological polar surface area (TPSA) is 0 Å². The largest absolute Gasteiger partial charge is 0.0616 e. The standard InChI is InChI=1S/C32H24/c1-2-25-28-13-5-7-15-30(28)32(31-16-8-6-14-29(25)31)24-20-18-23(19-21-24)27-17-9-11-22-10-3-4-12-26(22)27/h3-21H,2H2,1H3. The van der Waals surface area contributed by atoms with Gasteiger partial charge in [0.05, 0.1) is 0 Å². The fourth-order valence-electron chi connectivity index (χ4n) is 5.20. The number of hydrogen-bond donors (Lipinski definition) is 0. The molecule has 0 bridgehead atoms. The first-order valence-corrected chi connectivity index (χ1v) is 11.4. The molecule has 0 unspecified atom stereocenters. The molecule has 6 rings (SSSR count). The maximum Gasteiger partial charge on any atom is -0.00266 e. The minimum Gasteiger partial charge on any atom is -0.0616 e. The first kappa shape index (κ1) is 18.8. The van der Waals surface area contributed by atoms with E-state index < -0.39 is 0 Å². The van der Waals surface area contributed by atoms with E-state index in [4.69, 9.17) is 0 Å². The first-order valence-electron chi connectivity index (χ1n) is 11.4. The second-order valence-electron chi connectivity index (χ2n) is 8.40. The average Bonchev–Trinajstić information content (AvgIpc) is 2.87. The fraction of sp³-hybridized carbons (Fsp3) is 0.0625. The Morgan fingerprint density at radius 2 is 0.938 bits per heavy atom. The monoisotopic (exact) mass is 408 g/mol. The molecule has 0 fully saturated rings. The summed E-state index contributed by atoms with van der Waals surface area (Å²) in [6.45, 7) is 2.26. The van der Waals surface area contributed by atoms with Gasteiger partial charge < -0.3 is 0 Å². The molecule has 32 heavy (non-hydrogen) atoms. The van der Waals surface area contributed by atoms with E-state index in [9.17, 15) is 0 Å². The van der Waals surface area contributed by atoms with Crippen molar-refractivity contribution in [3.8, 4) is 22.3 Å². The quantitative estimate of drug-likeness (QED) is 0.256. The summed E-state index contributed by atoms with van der Waals surface area (Å²) in [6.07, 6.45) is 1.03. The fourth-order valence-corrected chi connectivity index (χ4v) is 5.20. The molecular weight excluding hydrogens is 384 g/mol. The van der Waals surface area contributed by atoms with Crippen LogP contribution in [-0.4, -0.2) is 0 Å². The molecule has 0 aliphatic heterocycles. The van der Waals surface area contributed by atoms with Gasteiger partial charge in [0.2, 0.25) is 0 Å². The zero-order valence-corrected chi connectivity index (χ0v) is 18.2. The number of benzene rings is 6. The lowest BCUT2D eigenvalue weighted by molar-refractivity contribution is 1.18. The molecule has 0 heterocycles. The van der Waals surface area contributed by atoms with E-state index in [0.717, 1.165) is 6.42 Å². The molecule has 0 saturated heterocycles. The van der Waals surface area contributed by atoms with Gasteiger partial charge in [0.25, 0.3) is 0 Å². The van der Waals surface area contributed by atoms with Crippen LogP contribution in [0.5, 0.6) is 0 Å². The lowest BCUT2D eigenvalue weighted by Crippen LogP contribution is -1.92. The van der Waals surface area contributed by atoms with Crippen LogP contribution in [0.1, 0.15) is 12.5 Å². The van der Waals surface area contributed by atoms with Gasteiger partial charge in [-0.15, -0.1) is 0 Å². The highest BCUT2D eigenvalue weighted by Gasteiger charge is 2.14. The summed E-state index contributed by atoms with van der Waals surface area (Å²) >= 11 is 0. The van der Waals surface area contributed by atoms with Gasteiger partial charge >= 0.3 is 0 Å². The van der Waals surface area contributed by atoms with Crippen LogP contribution in [0.3, 0.4) is 0 Å². The van der Waals surface area contributed by atoms with Crippen LogP contribution in [-0.2, 0) is 6.42 Å². The van der Waals surface area contributed by atoms with Gasteiger partial charge in [-0.2, -0.15) is 0 Å². The third-order valence-electron chi connectivity index (χ3n) is 6.67. The van der Waals surface area contributed by atoms with Crippen molar-refractivity contribution in [2.75, 3.05) is 0 Å². The zero-order valence-electron chi connectivity index (χ0n) is 18.2. The third-order valence-corrected chi connectivity index (χ3v) is 6.67. The molecule has 0 N–H and O–H groups in total. The minimum absolute atomic E-state index is 1.03. The van der Waals surface area contributed by atoms with E-state index in [1.54, 1.807) is 0 Å². The van der Waals surface area contributed by atoms with Crippen molar-refractivity contribution in [3.63, 3.8) is 0 Å². The zero-order chi connectivity index (χ0) is 21.5. The Bertz CT molecular complexity index is 1520. The van der Waals surface area contributed by atoms with Crippen molar-refractivity contribution in [2.24, 2.45) is 0 Å². The SMILES string of the molecule is CCc1c2ccccc2c(-c2ccc(-c3cccc4ccccc34)cc2)c2ccccc12. The summed E-state index contributed by atoms with van der Waals surface area (Å²) in [5.41, 5.74) is 6.57. The molecule has 0 aromatic heterocycles. The minimum atomic E-state index is 1.03. The molecule has 0 saturated carbocycles. The molecule has 0 atom stereocenters. The van der Waals surface area contributed by atoms with Crippen LogP contribution in [0.4, 0.5) is 0 Å². The highest BCUT2D eigenvalue weighted by molar-refractivity contribution is 6.15.